The zero-order valence-electron chi connectivity index (χ0n) is 11.9. The number of rotatable bonds is 4. The summed E-state index contributed by atoms with van der Waals surface area (Å²) < 4.78 is 25.5. The van der Waals surface area contributed by atoms with Gasteiger partial charge in [-0.25, -0.2) is 13.2 Å². The second-order valence-electron chi connectivity index (χ2n) is 4.85. The first-order valence-corrected chi connectivity index (χ1v) is 8.86. The molecule has 0 aliphatic heterocycles. The van der Waals surface area contributed by atoms with E-state index >= 15 is 0 Å². The molecule has 0 radical (unpaired) electrons. The largest absolute Gasteiger partial charge is 0.477 e. The molecule has 1 heterocycles. The first-order chi connectivity index (χ1) is 11.3. The molecule has 1 aromatic heterocycles. The Kier molecular flexibility index (Phi) is 3.82. The minimum absolute atomic E-state index is 0.126. The highest BCUT2D eigenvalue weighted by molar-refractivity contribution is 7.91. The quantitative estimate of drug-likeness (QED) is 0.561. The summed E-state index contributed by atoms with van der Waals surface area (Å²) in [6.07, 6.45) is 0. The van der Waals surface area contributed by atoms with E-state index in [9.17, 15) is 23.3 Å². The smallest absolute Gasteiger partial charge is 0.346 e. The number of hydrogen-bond donors (Lipinski definition) is 1. The molecule has 3 rings (SSSR count). The average molecular weight is 363 g/mol. The van der Waals surface area contributed by atoms with Crippen LogP contribution >= 0.6 is 11.3 Å². The maximum atomic E-state index is 12.7. The van der Waals surface area contributed by atoms with Crippen LogP contribution in [0.1, 0.15) is 9.67 Å². The lowest BCUT2D eigenvalue weighted by atomic mass is 10.1. The van der Waals surface area contributed by atoms with Gasteiger partial charge in [-0.3, -0.25) is 10.1 Å². The Morgan fingerprint density at radius 2 is 1.75 bits per heavy atom. The molecular weight excluding hydrogens is 354 g/mol. The molecule has 0 unspecified atom stereocenters. The van der Waals surface area contributed by atoms with E-state index in [0.29, 0.717) is 16.7 Å². The maximum absolute atomic E-state index is 12.7. The summed E-state index contributed by atoms with van der Waals surface area (Å²) in [5.41, 5.74) is 0. The number of carbonyl (C=O) groups is 1. The predicted molar refractivity (Wildman–Crippen MR) is 87.3 cm³/mol. The summed E-state index contributed by atoms with van der Waals surface area (Å²) in [6, 6.07) is 12.3. The molecule has 24 heavy (non-hydrogen) atoms. The lowest BCUT2D eigenvalue weighted by Gasteiger charge is -2.04. The van der Waals surface area contributed by atoms with Gasteiger partial charge in [0, 0.05) is 0 Å². The van der Waals surface area contributed by atoms with Crippen molar-refractivity contribution in [2.45, 2.75) is 9.79 Å². The van der Waals surface area contributed by atoms with E-state index in [1.807, 2.05) is 0 Å². The number of thiophene rings is 1. The lowest BCUT2D eigenvalue weighted by molar-refractivity contribution is -0.383. The fourth-order valence-corrected chi connectivity index (χ4v) is 4.85. The summed E-state index contributed by atoms with van der Waals surface area (Å²) in [5, 5.41) is 20.9. The van der Waals surface area contributed by atoms with Gasteiger partial charge in [0.25, 0.3) is 0 Å². The fourth-order valence-electron chi connectivity index (χ4n) is 2.25. The first kappa shape index (κ1) is 16.1. The highest BCUT2D eigenvalue weighted by Gasteiger charge is 2.32. The number of benzene rings is 2. The molecular formula is C15H9NO6S2. The SMILES string of the molecule is O=C(O)c1cc(S(=O)(=O)c2ccc3ccccc3c2)c([N+](=O)[O-])s1. The van der Waals surface area contributed by atoms with Crippen LogP contribution in [0, 0.1) is 10.1 Å². The van der Waals surface area contributed by atoms with E-state index < -0.39 is 35.5 Å². The van der Waals surface area contributed by atoms with Gasteiger partial charge in [0.2, 0.25) is 9.84 Å². The Morgan fingerprint density at radius 1 is 1.08 bits per heavy atom. The van der Waals surface area contributed by atoms with Crippen molar-refractivity contribution in [3.05, 3.63) is 63.5 Å². The second kappa shape index (κ2) is 5.69. The van der Waals surface area contributed by atoms with Gasteiger partial charge in [0.15, 0.2) is 4.90 Å². The van der Waals surface area contributed by atoms with Crippen molar-refractivity contribution in [1.29, 1.82) is 0 Å². The third-order valence-corrected chi connectivity index (χ3v) is 6.35. The highest BCUT2D eigenvalue weighted by Crippen LogP contribution is 2.37. The van der Waals surface area contributed by atoms with Crippen LogP contribution in [0.4, 0.5) is 5.00 Å². The van der Waals surface area contributed by atoms with E-state index in [2.05, 4.69) is 0 Å². The molecule has 0 saturated heterocycles. The van der Waals surface area contributed by atoms with Gasteiger partial charge in [-0.15, -0.1) is 0 Å². The molecule has 0 aliphatic rings. The van der Waals surface area contributed by atoms with Crippen molar-refractivity contribution in [2.24, 2.45) is 0 Å². The van der Waals surface area contributed by atoms with E-state index in [-0.39, 0.29) is 4.90 Å². The van der Waals surface area contributed by atoms with Crippen LogP contribution in [0.15, 0.2) is 58.3 Å². The number of fused-ring (bicyclic) bond motifs is 1. The van der Waals surface area contributed by atoms with E-state index in [1.165, 1.54) is 12.1 Å². The maximum Gasteiger partial charge on any atom is 0.346 e. The van der Waals surface area contributed by atoms with Gasteiger partial charge >= 0.3 is 11.0 Å². The van der Waals surface area contributed by atoms with Crippen LogP contribution in [0.2, 0.25) is 0 Å². The third kappa shape index (κ3) is 2.63. The Bertz CT molecular complexity index is 1080. The molecule has 2 aromatic carbocycles. The van der Waals surface area contributed by atoms with Crippen molar-refractivity contribution >= 4 is 42.9 Å². The molecule has 122 valence electrons. The Morgan fingerprint density at radius 3 is 2.38 bits per heavy atom. The van der Waals surface area contributed by atoms with Crippen LogP contribution in [0.25, 0.3) is 10.8 Å². The van der Waals surface area contributed by atoms with Crippen LogP contribution in [-0.2, 0) is 9.84 Å². The molecule has 0 atom stereocenters. The summed E-state index contributed by atoms with van der Waals surface area (Å²) in [7, 11) is -4.21. The van der Waals surface area contributed by atoms with Crippen molar-refractivity contribution in [3.8, 4) is 0 Å². The number of sulfone groups is 1. The molecule has 0 fully saturated rings. The summed E-state index contributed by atoms with van der Waals surface area (Å²) in [6.45, 7) is 0. The van der Waals surface area contributed by atoms with Crippen molar-refractivity contribution in [3.63, 3.8) is 0 Å². The van der Waals surface area contributed by atoms with E-state index in [1.54, 1.807) is 30.3 Å². The molecule has 9 heteroatoms. The number of aromatic carboxylic acids is 1. The highest BCUT2D eigenvalue weighted by atomic mass is 32.2. The number of hydrogen-bond acceptors (Lipinski definition) is 6. The second-order valence-corrected chi connectivity index (χ2v) is 7.80. The van der Waals surface area contributed by atoms with E-state index in [0.717, 1.165) is 11.5 Å². The zero-order valence-corrected chi connectivity index (χ0v) is 13.5. The van der Waals surface area contributed by atoms with Gasteiger partial charge in [-0.2, -0.15) is 0 Å². The van der Waals surface area contributed by atoms with Gasteiger partial charge in [0.05, 0.1) is 9.82 Å². The monoisotopic (exact) mass is 363 g/mol. The summed E-state index contributed by atoms with van der Waals surface area (Å²) in [4.78, 5) is 20.1. The molecule has 0 aliphatic carbocycles. The first-order valence-electron chi connectivity index (χ1n) is 6.56. The molecule has 0 bridgehead atoms. The molecule has 7 nitrogen and oxygen atoms in total. The lowest BCUT2D eigenvalue weighted by Crippen LogP contribution is -2.03. The van der Waals surface area contributed by atoms with Gasteiger partial charge in [0.1, 0.15) is 4.88 Å². The number of carboxylic acids is 1. The van der Waals surface area contributed by atoms with Crippen molar-refractivity contribution in [1.82, 2.24) is 0 Å². The minimum atomic E-state index is -4.21. The number of nitrogens with zero attached hydrogens (tertiary/aromatic N) is 1. The summed E-state index contributed by atoms with van der Waals surface area (Å²) >= 11 is 0.323. The number of nitro groups is 1. The zero-order chi connectivity index (χ0) is 17.5. The minimum Gasteiger partial charge on any atom is -0.477 e. The standard InChI is InChI=1S/C15H9NO6S2/c17-15(18)12-8-13(14(23-12)16(19)20)24(21,22)11-6-5-9-3-1-2-4-10(9)7-11/h1-8H,(H,17,18). The van der Waals surface area contributed by atoms with Crippen LogP contribution in [0.5, 0.6) is 0 Å². The molecule has 0 saturated carbocycles. The molecule has 3 aromatic rings. The van der Waals surface area contributed by atoms with Gasteiger partial charge in [-0.1, -0.05) is 41.7 Å². The van der Waals surface area contributed by atoms with Gasteiger partial charge in [-0.05, 0) is 29.0 Å². The molecule has 0 spiro atoms. The van der Waals surface area contributed by atoms with Crippen LogP contribution < -0.4 is 0 Å². The normalized spacial score (nSPS) is 11.5. The van der Waals surface area contributed by atoms with Gasteiger partial charge < -0.3 is 5.11 Å². The third-order valence-electron chi connectivity index (χ3n) is 3.38. The summed E-state index contributed by atoms with van der Waals surface area (Å²) in [5.74, 6) is -1.41. The average Bonchev–Trinajstić information content (AvgIpc) is 3.01. The Hall–Kier alpha value is -2.78. The van der Waals surface area contributed by atoms with Crippen molar-refractivity contribution in [2.75, 3.05) is 0 Å². The fraction of sp³-hybridized carbons (Fsp3) is 0. The topological polar surface area (TPSA) is 115 Å². The van der Waals surface area contributed by atoms with Crippen LogP contribution in [-0.4, -0.2) is 24.4 Å². The number of carboxylic acid groups (broad SMARTS) is 1. The molecule has 1 N–H and O–H groups in total. The van der Waals surface area contributed by atoms with E-state index in [4.69, 9.17) is 5.11 Å². The van der Waals surface area contributed by atoms with Crippen molar-refractivity contribution < 1.29 is 23.2 Å². The molecule has 0 amide bonds. The Labute approximate surface area is 139 Å². The Balaban J connectivity index is 2.22. The predicted octanol–water partition coefficient (Wildman–Crippen LogP) is 3.34. The van der Waals surface area contributed by atoms with Crippen LogP contribution in [0.3, 0.4) is 0 Å².